The normalized spacial score (nSPS) is 11.2. The molecule has 0 aliphatic rings. The van der Waals surface area contributed by atoms with Crippen molar-refractivity contribution in [3.63, 3.8) is 0 Å². The first-order valence-corrected chi connectivity index (χ1v) is 7.96. The molecule has 0 aliphatic heterocycles. The fraction of sp³-hybridized carbons (Fsp3) is 0.0714. The lowest BCUT2D eigenvalue weighted by molar-refractivity contribution is 0.101. The molecule has 0 aromatic heterocycles. The molecule has 110 valence electrons. The van der Waals surface area contributed by atoms with Gasteiger partial charge >= 0.3 is 10.1 Å². The second-order valence-electron chi connectivity index (χ2n) is 4.20. The van der Waals surface area contributed by atoms with E-state index in [-0.39, 0.29) is 27.0 Å². The molecule has 7 heteroatoms. The number of hydrogen-bond acceptors (Lipinski definition) is 4. The zero-order valence-electron chi connectivity index (χ0n) is 10.8. The zero-order chi connectivity index (χ0) is 15.6. The van der Waals surface area contributed by atoms with Gasteiger partial charge in [0, 0.05) is 10.6 Å². The smallest absolute Gasteiger partial charge is 0.339 e. The van der Waals surface area contributed by atoms with Gasteiger partial charge in [-0.15, -0.1) is 0 Å². The highest BCUT2D eigenvalue weighted by atomic mass is 35.5. The van der Waals surface area contributed by atoms with Gasteiger partial charge in [0.1, 0.15) is 4.90 Å². The largest absolute Gasteiger partial charge is 0.377 e. The molecule has 0 N–H and O–H groups in total. The van der Waals surface area contributed by atoms with Gasteiger partial charge in [-0.3, -0.25) is 4.79 Å². The van der Waals surface area contributed by atoms with Crippen LogP contribution < -0.4 is 4.18 Å². The van der Waals surface area contributed by atoms with Crippen molar-refractivity contribution in [1.82, 2.24) is 0 Å². The molecular weight excluding hydrogens is 335 g/mol. The summed E-state index contributed by atoms with van der Waals surface area (Å²) in [7, 11) is -4.08. The van der Waals surface area contributed by atoms with Gasteiger partial charge in [-0.25, -0.2) is 0 Å². The van der Waals surface area contributed by atoms with E-state index < -0.39 is 10.1 Å². The average molecular weight is 345 g/mol. The van der Waals surface area contributed by atoms with E-state index in [9.17, 15) is 13.2 Å². The number of rotatable bonds is 4. The summed E-state index contributed by atoms with van der Waals surface area (Å²) in [5.74, 6) is -0.272. The van der Waals surface area contributed by atoms with Crippen LogP contribution in [0, 0.1) is 0 Å². The highest BCUT2D eigenvalue weighted by molar-refractivity contribution is 7.87. The quantitative estimate of drug-likeness (QED) is 0.622. The molecular formula is C14H10Cl2O4S. The standard InChI is InChI=1S/C14H10Cl2O4S/c1-9(17)10-3-2-4-12(7-10)21(18,19)20-14-6-5-11(15)8-13(14)16/h2-8H,1H3. The summed E-state index contributed by atoms with van der Waals surface area (Å²) in [5.41, 5.74) is 0.280. The third-order valence-corrected chi connectivity index (χ3v) is 4.38. The van der Waals surface area contributed by atoms with Crippen molar-refractivity contribution >= 4 is 39.1 Å². The van der Waals surface area contributed by atoms with Crippen LogP contribution in [0.2, 0.25) is 10.0 Å². The molecule has 0 amide bonds. The molecule has 0 bridgehead atoms. The Balaban J connectivity index is 2.38. The molecule has 2 aromatic rings. The van der Waals surface area contributed by atoms with Crippen molar-refractivity contribution in [3.05, 3.63) is 58.1 Å². The third kappa shape index (κ3) is 3.75. The van der Waals surface area contributed by atoms with E-state index in [0.29, 0.717) is 5.02 Å². The maximum absolute atomic E-state index is 12.2. The maximum atomic E-state index is 12.2. The number of ketones is 1. The van der Waals surface area contributed by atoms with Crippen molar-refractivity contribution < 1.29 is 17.4 Å². The zero-order valence-corrected chi connectivity index (χ0v) is 13.2. The van der Waals surface area contributed by atoms with E-state index in [1.165, 1.54) is 49.4 Å². The van der Waals surface area contributed by atoms with Gasteiger partial charge in [0.05, 0.1) is 5.02 Å². The summed E-state index contributed by atoms with van der Waals surface area (Å²) in [6.45, 7) is 1.35. The Morgan fingerprint density at radius 1 is 1.10 bits per heavy atom. The van der Waals surface area contributed by atoms with E-state index in [4.69, 9.17) is 27.4 Å². The van der Waals surface area contributed by atoms with Crippen molar-refractivity contribution in [1.29, 1.82) is 0 Å². The van der Waals surface area contributed by atoms with E-state index in [2.05, 4.69) is 0 Å². The first kappa shape index (κ1) is 15.8. The van der Waals surface area contributed by atoms with Gasteiger partial charge in [0.15, 0.2) is 11.5 Å². The van der Waals surface area contributed by atoms with Crippen molar-refractivity contribution in [2.24, 2.45) is 0 Å². The molecule has 4 nitrogen and oxygen atoms in total. The number of hydrogen-bond donors (Lipinski definition) is 0. The predicted molar refractivity (Wildman–Crippen MR) is 80.7 cm³/mol. The molecule has 0 spiro atoms. The number of carbonyl (C=O) groups is 1. The SMILES string of the molecule is CC(=O)c1cccc(S(=O)(=O)Oc2ccc(Cl)cc2Cl)c1. The van der Waals surface area contributed by atoms with Crippen molar-refractivity contribution in [2.45, 2.75) is 11.8 Å². The Morgan fingerprint density at radius 2 is 1.81 bits per heavy atom. The topological polar surface area (TPSA) is 60.4 Å². The second kappa shape index (κ2) is 6.05. The van der Waals surface area contributed by atoms with E-state index >= 15 is 0 Å². The summed E-state index contributed by atoms with van der Waals surface area (Å²) in [5, 5.41) is 0.442. The van der Waals surface area contributed by atoms with Crippen LogP contribution in [0.15, 0.2) is 47.4 Å². The van der Waals surface area contributed by atoms with Crippen LogP contribution in [0.4, 0.5) is 0 Å². The molecule has 0 unspecified atom stereocenters. The van der Waals surface area contributed by atoms with E-state index in [0.717, 1.165) is 0 Å². The van der Waals surface area contributed by atoms with Crippen molar-refractivity contribution in [2.75, 3.05) is 0 Å². The Labute approximate surface area is 132 Å². The van der Waals surface area contributed by atoms with Crippen LogP contribution >= 0.6 is 23.2 Å². The Bertz CT molecular complexity index is 800. The average Bonchev–Trinajstić information content (AvgIpc) is 2.42. The minimum Gasteiger partial charge on any atom is -0.377 e. The summed E-state index contributed by atoms with van der Waals surface area (Å²) < 4.78 is 29.4. The van der Waals surface area contributed by atoms with Crippen LogP contribution in [0.25, 0.3) is 0 Å². The molecule has 0 radical (unpaired) electrons. The lowest BCUT2D eigenvalue weighted by Gasteiger charge is -2.09. The molecule has 0 saturated carbocycles. The third-order valence-electron chi connectivity index (χ3n) is 2.62. The molecule has 0 atom stereocenters. The number of carbonyl (C=O) groups excluding carboxylic acids is 1. The highest BCUT2D eigenvalue weighted by Crippen LogP contribution is 2.30. The van der Waals surface area contributed by atoms with E-state index in [1.807, 2.05) is 0 Å². The molecule has 2 rings (SSSR count). The molecule has 2 aromatic carbocycles. The molecule has 0 fully saturated rings. The van der Waals surface area contributed by atoms with Crippen LogP contribution in [-0.2, 0) is 10.1 Å². The summed E-state index contributed by atoms with van der Waals surface area (Å²) in [6, 6.07) is 9.78. The van der Waals surface area contributed by atoms with Gasteiger partial charge in [-0.2, -0.15) is 8.42 Å². The summed E-state index contributed by atoms with van der Waals surface area (Å²) in [6.07, 6.45) is 0. The number of halogens is 2. The lowest BCUT2D eigenvalue weighted by Crippen LogP contribution is -2.10. The van der Waals surface area contributed by atoms with Crippen LogP contribution in [0.3, 0.4) is 0 Å². The van der Waals surface area contributed by atoms with Gasteiger partial charge in [-0.05, 0) is 37.3 Å². The molecule has 0 heterocycles. The number of benzene rings is 2. The van der Waals surface area contributed by atoms with Crippen molar-refractivity contribution in [3.8, 4) is 5.75 Å². The summed E-state index contributed by atoms with van der Waals surface area (Å²) in [4.78, 5) is 11.2. The first-order valence-electron chi connectivity index (χ1n) is 5.80. The molecule has 0 saturated heterocycles. The van der Waals surface area contributed by atoms with Gasteiger partial charge < -0.3 is 4.18 Å². The first-order chi connectivity index (χ1) is 9.79. The fourth-order valence-electron chi connectivity index (χ4n) is 1.58. The Kier molecular flexibility index (Phi) is 4.56. The monoisotopic (exact) mass is 344 g/mol. The minimum atomic E-state index is -4.08. The molecule has 0 aliphatic carbocycles. The summed E-state index contributed by atoms with van der Waals surface area (Å²) >= 11 is 11.6. The number of Topliss-reactive ketones (excluding diaryl/α,β-unsaturated/α-hetero) is 1. The predicted octanol–water partition coefficient (Wildman–Crippen LogP) is 3.96. The van der Waals surface area contributed by atoms with Crippen LogP contribution in [0.5, 0.6) is 5.75 Å². The lowest BCUT2D eigenvalue weighted by atomic mass is 10.2. The fourth-order valence-corrected chi connectivity index (χ4v) is 3.07. The van der Waals surface area contributed by atoms with Gasteiger partial charge in [-0.1, -0.05) is 35.3 Å². The Morgan fingerprint density at radius 3 is 2.43 bits per heavy atom. The molecule has 21 heavy (non-hydrogen) atoms. The maximum Gasteiger partial charge on any atom is 0.339 e. The highest BCUT2D eigenvalue weighted by Gasteiger charge is 2.19. The van der Waals surface area contributed by atoms with Crippen LogP contribution in [-0.4, -0.2) is 14.2 Å². The minimum absolute atomic E-state index is 0.0331. The van der Waals surface area contributed by atoms with E-state index in [1.54, 1.807) is 0 Å². The van der Waals surface area contributed by atoms with Gasteiger partial charge in [0.25, 0.3) is 0 Å². The van der Waals surface area contributed by atoms with Crippen LogP contribution in [0.1, 0.15) is 17.3 Å². The Hall–Kier alpha value is -1.56. The second-order valence-corrected chi connectivity index (χ2v) is 6.59. The van der Waals surface area contributed by atoms with Gasteiger partial charge in [0.2, 0.25) is 0 Å².